The van der Waals surface area contributed by atoms with Gasteiger partial charge < -0.3 is 4.74 Å². The fraction of sp³-hybridized carbons (Fsp3) is 0.412. The van der Waals surface area contributed by atoms with Crippen LogP contribution in [0.3, 0.4) is 0 Å². The predicted molar refractivity (Wildman–Crippen MR) is 97.7 cm³/mol. The summed E-state index contributed by atoms with van der Waals surface area (Å²) in [6.45, 7) is 9.04. The van der Waals surface area contributed by atoms with Gasteiger partial charge in [-0.1, -0.05) is 39.8 Å². The van der Waals surface area contributed by atoms with Gasteiger partial charge in [-0.3, -0.25) is 0 Å². The summed E-state index contributed by atoms with van der Waals surface area (Å²) < 4.78 is 6.65. The molecule has 2 aromatic rings. The lowest BCUT2D eigenvalue weighted by molar-refractivity contribution is 0.415. The maximum atomic E-state index is 7.21. The Kier molecular flexibility index (Phi) is 5.18. The minimum Gasteiger partial charge on any atom is -0.497 e. The highest BCUT2D eigenvalue weighted by Gasteiger charge is 2.43. The molecule has 0 saturated heterocycles. The standard InChI is InChI=1S/C17H23ClOSSi/c1-12(2)21(18,13(3)4)17-16(10-11-20-17)14-6-8-15(19-5)9-7-14/h6-13H,1-5H3. The van der Waals surface area contributed by atoms with E-state index < -0.39 is 7.38 Å². The van der Waals surface area contributed by atoms with Gasteiger partial charge in [0.05, 0.1) is 7.11 Å². The molecule has 1 heterocycles. The van der Waals surface area contributed by atoms with E-state index in [1.54, 1.807) is 7.11 Å². The van der Waals surface area contributed by atoms with Gasteiger partial charge in [-0.2, -0.15) is 22.4 Å². The third-order valence-electron chi connectivity index (χ3n) is 4.09. The molecular weight excluding hydrogens is 316 g/mol. The van der Waals surface area contributed by atoms with Gasteiger partial charge in [0, 0.05) is 4.50 Å². The van der Waals surface area contributed by atoms with Gasteiger partial charge in [-0.15, -0.1) is 0 Å². The van der Waals surface area contributed by atoms with E-state index in [0.717, 1.165) is 5.75 Å². The number of hydrogen-bond donors (Lipinski definition) is 0. The van der Waals surface area contributed by atoms with Crippen LogP contribution in [-0.2, 0) is 0 Å². The molecule has 0 N–H and O–H groups in total. The minimum atomic E-state index is -2.02. The van der Waals surface area contributed by atoms with Crippen molar-refractivity contribution in [3.63, 3.8) is 0 Å². The molecule has 0 bridgehead atoms. The summed E-state index contributed by atoms with van der Waals surface area (Å²) in [4.78, 5) is 0. The van der Waals surface area contributed by atoms with Crippen LogP contribution in [0.4, 0.5) is 0 Å². The molecule has 0 amide bonds. The molecule has 114 valence electrons. The molecule has 0 unspecified atom stereocenters. The second-order valence-electron chi connectivity index (χ2n) is 5.97. The number of benzene rings is 1. The number of thiophene rings is 1. The van der Waals surface area contributed by atoms with E-state index in [9.17, 15) is 0 Å². The highest BCUT2D eigenvalue weighted by atomic mass is 35.6. The van der Waals surface area contributed by atoms with Crippen LogP contribution in [0.15, 0.2) is 35.7 Å². The molecule has 21 heavy (non-hydrogen) atoms. The molecule has 1 nitrogen and oxygen atoms in total. The number of methoxy groups -OCH3 is 1. The lowest BCUT2D eigenvalue weighted by Gasteiger charge is -2.32. The fourth-order valence-corrected chi connectivity index (χ4v) is 9.52. The SMILES string of the molecule is COc1ccc(-c2ccsc2[Si](Cl)(C(C)C)C(C)C)cc1. The average molecular weight is 339 g/mol. The molecule has 0 spiro atoms. The molecule has 1 aromatic carbocycles. The van der Waals surface area contributed by atoms with Crippen LogP contribution in [0.1, 0.15) is 27.7 Å². The topological polar surface area (TPSA) is 9.23 Å². The van der Waals surface area contributed by atoms with E-state index in [-0.39, 0.29) is 0 Å². The Labute approximate surface area is 137 Å². The van der Waals surface area contributed by atoms with E-state index in [0.29, 0.717) is 11.1 Å². The monoisotopic (exact) mass is 338 g/mol. The van der Waals surface area contributed by atoms with Crippen LogP contribution in [0.25, 0.3) is 11.1 Å². The zero-order valence-corrected chi connectivity index (χ0v) is 15.9. The molecule has 0 atom stereocenters. The third-order valence-corrected chi connectivity index (χ3v) is 14.0. The maximum Gasteiger partial charge on any atom is 0.203 e. The Morgan fingerprint density at radius 3 is 2.05 bits per heavy atom. The first-order valence-corrected chi connectivity index (χ1v) is 11.4. The van der Waals surface area contributed by atoms with Gasteiger partial charge in [-0.25, -0.2) is 0 Å². The summed E-state index contributed by atoms with van der Waals surface area (Å²) in [7, 11) is -0.324. The van der Waals surface area contributed by atoms with Gasteiger partial charge in [0.1, 0.15) is 5.75 Å². The molecule has 2 rings (SSSR count). The van der Waals surface area contributed by atoms with Crippen molar-refractivity contribution in [1.29, 1.82) is 0 Å². The van der Waals surface area contributed by atoms with Crippen molar-refractivity contribution in [1.82, 2.24) is 0 Å². The Balaban J connectivity index is 2.50. The smallest absolute Gasteiger partial charge is 0.203 e. The normalized spacial score (nSPS) is 12.2. The van der Waals surface area contributed by atoms with Crippen molar-refractivity contribution in [3.8, 4) is 16.9 Å². The van der Waals surface area contributed by atoms with E-state index >= 15 is 0 Å². The molecular formula is C17H23ClOSSi. The van der Waals surface area contributed by atoms with Crippen LogP contribution in [0.5, 0.6) is 5.75 Å². The van der Waals surface area contributed by atoms with Crippen LogP contribution in [0.2, 0.25) is 11.1 Å². The summed E-state index contributed by atoms with van der Waals surface area (Å²) in [5, 5.41) is 2.17. The number of ether oxygens (including phenoxy) is 1. The molecule has 0 fully saturated rings. The Hall–Kier alpha value is -0.773. The average Bonchev–Trinajstić information content (AvgIpc) is 2.95. The van der Waals surface area contributed by atoms with Crippen molar-refractivity contribution in [2.45, 2.75) is 38.8 Å². The van der Waals surface area contributed by atoms with E-state index in [1.165, 1.54) is 15.6 Å². The minimum absolute atomic E-state index is 0.509. The zero-order chi connectivity index (χ0) is 15.6. The van der Waals surface area contributed by atoms with Crippen molar-refractivity contribution in [3.05, 3.63) is 35.7 Å². The van der Waals surface area contributed by atoms with Gasteiger partial charge in [0.2, 0.25) is 7.38 Å². The van der Waals surface area contributed by atoms with Crippen LogP contribution in [-0.4, -0.2) is 14.5 Å². The first-order valence-electron chi connectivity index (χ1n) is 7.32. The van der Waals surface area contributed by atoms with Crippen molar-refractivity contribution < 1.29 is 4.74 Å². The molecule has 0 saturated carbocycles. The Morgan fingerprint density at radius 1 is 1.00 bits per heavy atom. The van der Waals surface area contributed by atoms with Crippen molar-refractivity contribution >= 4 is 34.3 Å². The molecule has 0 radical (unpaired) electrons. The summed E-state index contributed by atoms with van der Waals surface area (Å²) in [6.07, 6.45) is 0. The lowest BCUT2D eigenvalue weighted by Crippen LogP contribution is -2.47. The third kappa shape index (κ3) is 3.05. The molecule has 0 aliphatic rings. The Bertz CT molecular complexity index is 581. The zero-order valence-electron chi connectivity index (χ0n) is 13.3. The molecule has 1 aromatic heterocycles. The first-order chi connectivity index (χ1) is 9.91. The van der Waals surface area contributed by atoms with E-state index in [4.69, 9.17) is 15.8 Å². The molecule has 0 aliphatic carbocycles. The van der Waals surface area contributed by atoms with E-state index in [1.807, 2.05) is 23.5 Å². The Morgan fingerprint density at radius 2 is 1.57 bits per heavy atom. The largest absolute Gasteiger partial charge is 0.497 e. The van der Waals surface area contributed by atoms with Gasteiger partial charge in [0.25, 0.3) is 0 Å². The van der Waals surface area contributed by atoms with Crippen LogP contribution < -0.4 is 9.24 Å². The summed E-state index contributed by atoms with van der Waals surface area (Å²) in [5.74, 6) is 0.887. The predicted octanol–water partition coefficient (Wildman–Crippen LogP) is 5.64. The van der Waals surface area contributed by atoms with Crippen LogP contribution >= 0.6 is 22.4 Å². The lowest BCUT2D eigenvalue weighted by atomic mass is 10.1. The molecule has 0 aliphatic heterocycles. The summed E-state index contributed by atoms with van der Waals surface area (Å²) in [6, 6.07) is 10.5. The van der Waals surface area contributed by atoms with Gasteiger partial charge >= 0.3 is 0 Å². The highest BCUT2D eigenvalue weighted by molar-refractivity contribution is 7.40. The number of halogens is 1. The van der Waals surface area contributed by atoms with Crippen LogP contribution in [0, 0.1) is 0 Å². The first kappa shape index (κ1) is 16.6. The summed E-state index contributed by atoms with van der Waals surface area (Å²) >= 11 is 9.03. The quantitative estimate of drug-likeness (QED) is 0.506. The maximum absolute atomic E-state index is 7.21. The van der Waals surface area contributed by atoms with Crippen molar-refractivity contribution in [2.75, 3.05) is 7.11 Å². The highest BCUT2D eigenvalue weighted by Crippen LogP contribution is 2.39. The number of hydrogen-bond acceptors (Lipinski definition) is 2. The summed E-state index contributed by atoms with van der Waals surface area (Å²) in [5.41, 5.74) is 3.54. The van der Waals surface area contributed by atoms with Gasteiger partial charge in [0.15, 0.2) is 0 Å². The van der Waals surface area contributed by atoms with Crippen molar-refractivity contribution in [2.24, 2.45) is 0 Å². The second kappa shape index (κ2) is 6.55. The second-order valence-corrected chi connectivity index (χ2v) is 13.5. The fourth-order valence-electron chi connectivity index (χ4n) is 2.79. The molecule has 4 heteroatoms. The number of rotatable bonds is 5. The van der Waals surface area contributed by atoms with Gasteiger partial charge in [-0.05, 0) is 45.8 Å². The van der Waals surface area contributed by atoms with E-state index in [2.05, 4.69) is 51.3 Å².